The van der Waals surface area contributed by atoms with E-state index in [-0.39, 0.29) is 46.3 Å². The summed E-state index contributed by atoms with van der Waals surface area (Å²) in [4.78, 5) is 12.5. The highest BCUT2D eigenvalue weighted by Crippen LogP contribution is 2.45. The summed E-state index contributed by atoms with van der Waals surface area (Å²) < 4.78 is 11.4. The van der Waals surface area contributed by atoms with E-state index in [1.807, 2.05) is 0 Å². The molecule has 10 heteroatoms. The summed E-state index contributed by atoms with van der Waals surface area (Å²) in [5.74, 6) is -3.89. The zero-order valence-electron chi connectivity index (χ0n) is 17.4. The Balaban J connectivity index is 1.65. The van der Waals surface area contributed by atoms with Crippen LogP contribution in [0, 0.1) is 0 Å². The number of carbonyl (C=O) groups is 1. The summed E-state index contributed by atoms with van der Waals surface area (Å²) in [6.07, 6.45) is 0.273. The molecule has 3 aromatic rings. The molecule has 1 aliphatic heterocycles. The van der Waals surface area contributed by atoms with Gasteiger partial charge in [-0.25, -0.2) is 4.79 Å². The molecule has 2 unspecified atom stereocenters. The van der Waals surface area contributed by atoms with Gasteiger partial charge in [0.1, 0.15) is 23.4 Å². The zero-order valence-corrected chi connectivity index (χ0v) is 17.4. The minimum atomic E-state index is -1.08. The average molecular weight is 468 g/mol. The smallest absolute Gasteiger partial charge is 0.331 e. The van der Waals surface area contributed by atoms with Gasteiger partial charge in [-0.05, 0) is 35.9 Å². The first-order valence-corrected chi connectivity index (χ1v) is 9.99. The summed E-state index contributed by atoms with van der Waals surface area (Å²) >= 11 is 0. The number of benzene rings is 3. The molecule has 0 radical (unpaired) electrons. The van der Waals surface area contributed by atoms with Crippen LogP contribution in [0.4, 0.5) is 0 Å². The highest BCUT2D eigenvalue weighted by Gasteiger charge is 2.36. The number of aromatic hydroxyl groups is 7. The first kappa shape index (κ1) is 22.5. The van der Waals surface area contributed by atoms with Crippen molar-refractivity contribution in [2.45, 2.75) is 18.6 Å². The number of hydrogen-bond acceptors (Lipinski definition) is 10. The monoisotopic (exact) mass is 468 g/mol. The minimum Gasteiger partial charge on any atom is -0.508 e. The van der Waals surface area contributed by atoms with E-state index < -0.39 is 35.4 Å². The Hall–Kier alpha value is -4.73. The Morgan fingerprint density at radius 2 is 1.56 bits per heavy atom. The second kappa shape index (κ2) is 8.66. The minimum absolute atomic E-state index is 0.0336. The van der Waals surface area contributed by atoms with Gasteiger partial charge in [0.25, 0.3) is 0 Å². The van der Waals surface area contributed by atoms with E-state index in [1.165, 1.54) is 30.3 Å². The molecular formula is C24H20O10. The number of carbonyl (C=O) groups excluding carboxylic acids is 1. The molecule has 1 heterocycles. The lowest BCUT2D eigenvalue weighted by Crippen LogP contribution is -2.34. The van der Waals surface area contributed by atoms with Crippen LogP contribution in [-0.2, 0) is 16.0 Å². The van der Waals surface area contributed by atoms with E-state index >= 15 is 0 Å². The van der Waals surface area contributed by atoms with Gasteiger partial charge < -0.3 is 45.2 Å². The molecule has 176 valence electrons. The molecule has 0 amide bonds. The SMILES string of the molecule is O=C(C=Cc1ccc(O)c(O)c1)OC1Cc2c(O)cc(O)cc2OC1c1cc(O)c(O)c(O)c1. The second-order valence-corrected chi connectivity index (χ2v) is 7.65. The molecule has 0 aromatic heterocycles. The predicted octanol–water partition coefficient (Wildman–Crippen LogP) is 2.93. The summed E-state index contributed by atoms with van der Waals surface area (Å²) in [7, 11) is 0. The summed E-state index contributed by atoms with van der Waals surface area (Å²) in [6, 6.07) is 8.59. The van der Waals surface area contributed by atoms with Crippen LogP contribution < -0.4 is 4.74 Å². The third kappa shape index (κ3) is 4.42. The maximum atomic E-state index is 12.5. The molecule has 4 rings (SSSR count). The first-order chi connectivity index (χ1) is 16.1. The number of rotatable bonds is 4. The van der Waals surface area contributed by atoms with Crippen LogP contribution in [0.5, 0.6) is 46.0 Å². The Bertz CT molecular complexity index is 1270. The fourth-order valence-corrected chi connectivity index (χ4v) is 3.62. The lowest BCUT2D eigenvalue weighted by molar-refractivity contribution is -0.149. The third-order valence-electron chi connectivity index (χ3n) is 5.27. The van der Waals surface area contributed by atoms with Gasteiger partial charge in [-0.15, -0.1) is 0 Å². The Morgan fingerprint density at radius 1 is 0.853 bits per heavy atom. The third-order valence-corrected chi connectivity index (χ3v) is 5.27. The van der Waals surface area contributed by atoms with E-state index in [0.717, 1.165) is 24.3 Å². The molecule has 0 saturated carbocycles. The Kier molecular flexibility index (Phi) is 5.72. The van der Waals surface area contributed by atoms with Gasteiger partial charge in [-0.1, -0.05) is 6.07 Å². The largest absolute Gasteiger partial charge is 0.508 e. The fourth-order valence-electron chi connectivity index (χ4n) is 3.62. The molecule has 0 aliphatic carbocycles. The highest BCUT2D eigenvalue weighted by atomic mass is 16.6. The number of hydrogen-bond donors (Lipinski definition) is 7. The quantitative estimate of drug-likeness (QED) is 0.171. The molecule has 0 saturated heterocycles. The van der Waals surface area contributed by atoms with Crippen LogP contribution in [-0.4, -0.2) is 47.8 Å². The second-order valence-electron chi connectivity index (χ2n) is 7.65. The van der Waals surface area contributed by atoms with E-state index in [4.69, 9.17) is 9.47 Å². The number of fused-ring (bicyclic) bond motifs is 1. The molecule has 7 N–H and O–H groups in total. The summed E-state index contributed by atoms with van der Waals surface area (Å²) in [5.41, 5.74) is 0.841. The van der Waals surface area contributed by atoms with Gasteiger partial charge in [0.15, 0.2) is 34.9 Å². The van der Waals surface area contributed by atoms with Crippen LogP contribution in [0.15, 0.2) is 48.5 Å². The Labute approximate surface area is 192 Å². The van der Waals surface area contributed by atoms with Crippen LogP contribution in [0.2, 0.25) is 0 Å². The van der Waals surface area contributed by atoms with Crippen molar-refractivity contribution in [2.75, 3.05) is 0 Å². The van der Waals surface area contributed by atoms with Crippen LogP contribution in [0.3, 0.4) is 0 Å². The van der Waals surface area contributed by atoms with Gasteiger partial charge in [0.2, 0.25) is 0 Å². The van der Waals surface area contributed by atoms with Crippen molar-refractivity contribution in [2.24, 2.45) is 0 Å². The van der Waals surface area contributed by atoms with Crippen molar-refractivity contribution in [3.05, 3.63) is 65.2 Å². The number of esters is 1. The van der Waals surface area contributed by atoms with Gasteiger partial charge in [0.05, 0.1) is 0 Å². The maximum absolute atomic E-state index is 12.5. The number of phenols is 7. The molecule has 10 nitrogen and oxygen atoms in total. The van der Waals surface area contributed by atoms with E-state index in [1.54, 1.807) is 0 Å². The fraction of sp³-hybridized carbons (Fsp3) is 0.125. The standard InChI is InChI=1S/C24H20O10/c25-13-8-16(27)14-10-21(33-22(31)4-2-11-1-3-15(26)17(28)5-11)24(34-20(14)9-13)12-6-18(29)23(32)19(30)7-12/h1-9,21,24-30,32H,10H2. The van der Waals surface area contributed by atoms with Crippen LogP contribution >= 0.6 is 0 Å². The van der Waals surface area contributed by atoms with E-state index in [0.29, 0.717) is 5.56 Å². The van der Waals surface area contributed by atoms with Crippen molar-refractivity contribution in [3.63, 3.8) is 0 Å². The zero-order chi connectivity index (χ0) is 24.6. The number of phenolic OH excluding ortho intramolecular Hbond substituents is 7. The molecule has 2 atom stereocenters. The van der Waals surface area contributed by atoms with Gasteiger partial charge in [0, 0.05) is 35.8 Å². The maximum Gasteiger partial charge on any atom is 0.331 e. The van der Waals surface area contributed by atoms with Crippen molar-refractivity contribution in [1.29, 1.82) is 0 Å². The molecular weight excluding hydrogens is 448 g/mol. The highest BCUT2D eigenvalue weighted by molar-refractivity contribution is 5.87. The molecule has 0 spiro atoms. The number of ether oxygens (including phenoxy) is 2. The Morgan fingerprint density at radius 3 is 2.24 bits per heavy atom. The van der Waals surface area contributed by atoms with Crippen molar-refractivity contribution >= 4 is 12.0 Å². The topological polar surface area (TPSA) is 177 Å². The van der Waals surface area contributed by atoms with Gasteiger partial charge in [-0.3, -0.25) is 0 Å². The van der Waals surface area contributed by atoms with Crippen molar-refractivity contribution < 1.29 is 50.0 Å². The van der Waals surface area contributed by atoms with Gasteiger partial charge >= 0.3 is 5.97 Å². The van der Waals surface area contributed by atoms with Crippen LogP contribution in [0.25, 0.3) is 6.08 Å². The van der Waals surface area contributed by atoms with Crippen molar-refractivity contribution in [1.82, 2.24) is 0 Å². The summed E-state index contributed by atoms with van der Waals surface area (Å²) in [5, 5.41) is 68.4. The molecule has 1 aliphatic rings. The van der Waals surface area contributed by atoms with E-state index in [2.05, 4.69) is 0 Å². The lowest BCUT2D eigenvalue weighted by atomic mass is 9.93. The molecule has 0 bridgehead atoms. The summed E-state index contributed by atoms with van der Waals surface area (Å²) in [6.45, 7) is 0. The lowest BCUT2D eigenvalue weighted by Gasteiger charge is -2.33. The molecule has 34 heavy (non-hydrogen) atoms. The van der Waals surface area contributed by atoms with E-state index in [9.17, 15) is 40.5 Å². The van der Waals surface area contributed by atoms with Gasteiger partial charge in [-0.2, -0.15) is 0 Å². The normalized spacial score (nSPS) is 17.2. The molecule has 0 fully saturated rings. The first-order valence-electron chi connectivity index (χ1n) is 9.99. The molecule has 3 aromatic carbocycles. The van der Waals surface area contributed by atoms with Crippen LogP contribution in [0.1, 0.15) is 22.8 Å². The average Bonchev–Trinajstić information content (AvgIpc) is 2.78. The van der Waals surface area contributed by atoms with Crippen molar-refractivity contribution in [3.8, 4) is 46.0 Å². The predicted molar refractivity (Wildman–Crippen MR) is 117 cm³/mol.